The van der Waals surface area contributed by atoms with Gasteiger partial charge in [-0.25, -0.2) is 4.98 Å². The number of fused-ring (bicyclic) bond motifs is 1. The Morgan fingerprint density at radius 3 is 2.48 bits per heavy atom. The summed E-state index contributed by atoms with van der Waals surface area (Å²) < 4.78 is 8.64. The Bertz CT molecular complexity index is 1750. The van der Waals surface area contributed by atoms with E-state index in [9.17, 15) is 19.2 Å². The van der Waals surface area contributed by atoms with Gasteiger partial charge in [0.2, 0.25) is 5.91 Å². The van der Waals surface area contributed by atoms with Gasteiger partial charge in [0, 0.05) is 17.1 Å². The third-order valence-corrected chi connectivity index (χ3v) is 7.37. The predicted molar refractivity (Wildman–Crippen MR) is 154 cm³/mol. The van der Waals surface area contributed by atoms with Gasteiger partial charge in [-0.15, -0.1) is 0 Å². The van der Waals surface area contributed by atoms with E-state index in [1.54, 1.807) is 60.1 Å². The lowest BCUT2D eigenvalue weighted by molar-refractivity contribution is -0.127. The number of anilines is 1. The highest BCUT2D eigenvalue weighted by Crippen LogP contribution is 2.33. The molecule has 40 heavy (non-hydrogen) atoms. The molecule has 1 aliphatic rings. The summed E-state index contributed by atoms with van der Waals surface area (Å²) in [5, 5.41) is 2.66. The van der Waals surface area contributed by atoms with Crippen molar-refractivity contribution in [3.8, 4) is 5.75 Å². The summed E-state index contributed by atoms with van der Waals surface area (Å²) in [6, 6.07) is 15.8. The van der Waals surface area contributed by atoms with Crippen LogP contribution in [0.4, 0.5) is 10.5 Å². The molecule has 0 saturated carbocycles. The summed E-state index contributed by atoms with van der Waals surface area (Å²) >= 11 is 0.772. The van der Waals surface area contributed by atoms with Gasteiger partial charge in [-0.05, 0) is 93.6 Å². The number of carbonyl (C=O) groups is 3. The number of imide groups is 1. The molecule has 204 valence electrons. The predicted octanol–water partition coefficient (Wildman–Crippen LogP) is 4.51. The number of ether oxygens (including phenoxy) is 1. The van der Waals surface area contributed by atoms with Crippen LogP contribution < -0.4 is 15.6 Å². The van der Waals surface area contributed by atoms with Gasteiger partial charge in [0.05, 0.1) is 22.4 Å². The normalized spacial score (nSPS) is 14.4. The topological polar surface area (TPSA) is 116 Å². The molecule has 1 aliphatic heterocycles. The third-order valence-electron chi connectivity index (χ3n) is 6.46. The molecule has 0 aliphatic carbocycles. The first-order valence-electron chi connectivity index (χ1n) is 12.6. The molecule has 11 heteroatoms. The van der Waals surface area contributed by atoms with Crippen molar-refractivity contribution in [1.29, 1.82) is 0 Å². The number of hydrogen-bond donors (Lipinski definition) is 1. The zero-order valence-electron chi connectivity index (χ0n) is 22.4. The second-order valence-corrected chi connectivity index (χ2v) is 10.2. The molecule has 1 N–H and O–H groups in total. The van der Waals surface area contributed by atoms with Crippen molar-refractivity contribution in [2.45, 2.75) is 27.7 Å². The number of benzene rings is 2. The fourth-order valence-electron chi connectivity index (χ4n) is 4.62. The number of carbonyl (C=O) groups excluding carboxylic acids is 3. The molecule has 0 radical (unpaired) electrons. The Kier molecular flexibility index (Phi) is 7.31. The maximum absolute atomic E-state index is 13.4. The highest BCUT2D eigenvalue weighted by Gasteiger charge is 2.36. The van der Waals surface area contributed by atoms with Gasteiger partial charge in [-0.1, -0.05) is 12.1 Å². The van der Waals surface area contributed by atoms with E-state index >= 15 is 0 Å². The van der Waals surface area contributed by atoms with Crippen molar-refractivity contribution in [2.24, 2.45) is 0 Å². The first-order chi connectivity index (χ1) is 19.2. The van der Waals surface area contributed by atoms with Crippen LogP contribution in [0, 0.1) is 20.8 Å². The Hall–Kier alpha value is -4.64. The molecular formula is C29H27N5O5S. The van der Waals surface area contributed by atoms with E-state index in [1.807, 2.05) is 32.9 Å². The van der Waals surface area contributed by atoms with E-state index in [-0.39, 0.29) is 10.5 Å². The van der Waals surface area contributed by atoms with Crippen LogP contribution in [0.1, 0.15) is 29.7 Å². The zero-order valence-corrected chi connectivity index (χ0v) is 23.2. The van der Waals surface area contributed by atoms with E-state index in [2.05, 4.69) is 10.3 Å². The average Bonchev–Trinajstić information content (AvgIpc) is 3.34. The Morgan fingerprint density at radius 1 is 1.02 bits per heavy atom. The maximum atomic E-state index is 13.4. The first-order valence-corrected chi connectivity index (χ1v) is 13.5. The standard InChI is InChI=1S/C29H27N5O5S/c1-5-39-22-12-10-21(11-13-22)31-26(35)16-32-28(37)25(40-29(32)38)15-20-14-17(2)33(18(20)3)34-19(4)30-24-9-7-6-8-23(24)27(34)36/h6-15H,5,16H2,1-4H3,(H,31,35). The Balaban J connectivity index is 1.37. The van der Waals surface area contributed by atoms with Gasteiger partial charge in [0.25, 0.3) is 16.7 Å². The number of thioether (sulfide) groups is 1. The molecule has 10 nitrogen and oxygen atoms in total. The van der Waals surface area contributed by atoms with Gasteiger partial charge >= 0.3 is 0 Å². The number of aryl methyl sites for hydroxylation is 2. The van der Waals surface area contributed by atoms with Crippen molar-refractivity contribution in [3.05, 3.63) is 92.6 Å². The average molecular weight is 558 g/mol. The van der Waals surface area contributed by atoms with Crippen LogP contribution in [0.15, 0.2) is 64.3 Å². The number of rotatable bonds is 7. The highest BCUT2D eigenvalue weighted by atomic mass is 32.2. The minimum absolute atomic E-state index is 0.194. The molecular weight excluding hydrogens is 530 g/mol. The third kappa shape index (κ3) is 5.03. The van der Waals surface area contributed by atoms with Crippen LogP contribution in [0.5, 0.6) is 5.75 Å². The molecule has 2 aromatic carbocycles. The molecule has 0 atom stereocenters. The summed E-state index contributed by atoms with van der Waals surface area (Å²) in [6.45, 7) is 7.43. The van der Waals surface area contributed by atoms with Gasteiger partial charge in [-0.2, -0.15) is 4.68 Å². The van der Waals surface area contributed by atoms with Crippen LogP contribution in [-0.2, 0) is 9.59 Å². The van der Waals surface area contributed by atoms with Gasteiger partial charge in [0.1, 0.15) is 18.1 Å². The quantitative estimate of drug-likeness (QED) is 0.333. The van der Waals surface area contributed by atoms with Crippen LogP contribution in [0.25, 0.3) is 17.0 Å². The van der Waals surface area contributed by atoms with Gasteiger partial charge in [0.15, 0.2) is 0 Å². The lowest BCUT2D eigenvalue weighted by atomic mass is 10.2. The Morgan fingerprint density at radius 2 is 1.75 bits per heavy atom. The molecule has 0 spiro atoms. The van der Waals surface area contributed by atoms with E-state index in [0.29, 0.717) is 46.0 Å². The lowest BCUT2D eigenvalue weighted by Gasteiger charge is -2.16. The number of hydrogen-bond acceptors (Lipinski definition) is 7. The van der Waals surface area contributed by atoms with Crippen LogP contribution in [0.2, 0.25) is 0 Å². The fourth-order valence-corrected chi connectivity index (χ4v) is 5.45. The minimum Gasteiger partial charge on any atom is -0.494 e. The molecule has 2 aromatic heterocycles. The number of nitrogens with zero attached hydrogens (tertiary/aromatic N) is 4. The molecule has 0 unspecified atom stereocenters. The van der Waals surface area contributed by atoms with Crippen LogP contribution in [-0.4, -0.2) is 49.4 Å². The van der Waals surface area contributed by atoms with Crippen molar-refractivity contribution < 1.29 is 19.1 Å². The SMILES string of the molecule is CCOc1ccc(NC(=O)CN2C(=O)SC(=Cc3cc(C)n(-n4c(C)nc5ccccc5c4=O)c3C)C2=O)cc1. The van der Waals surface area contributed by atoms with E-state index in [1.165, 1.54) is 4.68 Å². The van der Waals surface area contributed by atoms with Crippen molar-refractivity contribution in [2.75, 3.05) is 18.5 Å². The smallest absolute Gasteiger partial charge is 0.294 e. The molecule has 4 aromatic rings. The van der Waals surface area contributed by atoms with E-state index < -0.39 is 23.6 Å². The molecule has 3 amide bonds. The summed E-state index contributed by atoms with van der Waals surface area (Å²) in [5.74, 6) is 0.135. The first kappa shape index (κ1) is 26.9. The Labute approximate surface area is 234 Å². The lowest BCUT2D eigenvalue weighted by Crippen LogP contribution is -2.36. The second-order valence-electron chi connectivity index (χ2n) is 9.20. The van der Waals surface area contributed by atoms with E-state index in [4.69, 9.17) is 4.74 Å². The summed E-state index contributed by atoms with van der Waals surface area (Å²) in [7, 11) is 0. The van der Waals surface area contributed by atoms with Gasteiger partial charge < -0.3 is 10.1 Å². The number of para-hydroxylation sites is 1. The van der Waals surface area contributed by atoms with Crippen molar-refractivity contribution in [1.82, 2.24) is 19.2 Å². The number of amides is 3. The van der Waals surface area contributed by atoms with Crippen LogP contribution >= 0.6 is 11.8 Å². The molecule has 1 saturated heterocycles. The van der Waals surface area contributed by atoms with Crippen molar-refractivity contribution in [3.63, 3.8) is 0 Å². The minimum atomic E-state index is -0.553. The monoisotopic (exact) mass is 557 g/mol. The fraction of sp³-hybridized carbons (Fsp3) is 0.207. The second kappa shape index (κ2) is 10.9. The molecule has 3 heterocycles. The van der Waals surface area contributed by atoms with Gasteiger partial charge in [-0.3, -0.25) is 28.8 Å². The maximum Gasteiger partial charge on any atom is 0.294 e. The summed E-state index contributed by atoms with van der Waals surface area (Å²) in [6.07, 6.45) is 1.61. The summed E-state index contributed by atoms with van der Waals surface area (Å²) in [4.78, 5) is 57.4. The van der Waals surface area contributed by atoms with Crippen molar-refractivity contribution >= 4 is 51.5 Å². The number of nitrogens with one attached hydrogen (secondary N) is 1. The number of aromatic nitrogens is 3. The summed E-state index contributed by atoms with van der Waals surface area (Å²) in [5.41, 5.74) is 3.04. The van der Waals surface area contributed by atoms with Crippen LogP contribution in [0.3, 0.4) is 0 Å². The van der Waals surface area contributed by atoms with E-state index in [0.717, 1.165) is 22.4 Å². The largest absolute Gasteiger partial charge is 0.494 e. The molecule has 5 rings (SSSR count). The highest BCUT2D eigenvalue weighted by molar-refractivity contribution is 8.18. The molecule has 1 fully saturated rings. The molecule has 0 bridgehead atoms. The zero-order chi connectivity index (χ0) is 28.6.